The number of phenolic OH excluding ortho intramolecular Hbond substituents is 1. The maximum absolute atomic E-state index is 13.9. The fourth-order valence-corrected chi connectivity index (χ4v) is 9.74. The number of amides is 1. The molecule has 1 amide bonds. The summed E-state index contributed by atoms with van der Waals surface area (Å²) in [5.74, 6) is 1.73. The average molecular weight is 508 g/mol. The van der Waals surface area contributed by atoms with Crippen LogP contribution in [0.5, 0.6) is 5.75 Å². The fraction of sp³-hybridized carbons (Fsp3) is 0.515. The molecule has 1 aliphatic heterocycles. The second kappa shape index (κ2) is 8.05. The molecule has 4 bridgehead atoms. The number of carbonyl (C=O) groups excluding carboxylic acids is 1. The summed E-state index contributed by atoms with van der Waals surface area (Å²) < 4.78 is 0. The third kappa shape index (κ3) is 3.03. The van der Waals surface area contributed by atoms with E-state index in [1.807, 2.05) is 54.4 Å². The summed E-state index contributed by atoms with van der Waals surface area (Å²) in [5, 5.41) is 11.7. The van der Waals surface area contributed by atoms with Gasteiger partial charge in [0.05, 0.1) is 5.52 Å². The molecule has 1 saturated heterocycles. The Bertz CT molecular complexity index is 1450. The number of para-hydroxylation sites is 1. The number of benzene rings is 2. The molecule has 2 heterocycles. The van der Waals surface area contributed by atoms with Gasteiger partial charge in [0.2, 0.25) is 0 Å². The molecule has 1 N–H and O–H groups in total. The number of piperidine rings is 1. The lowest BCUT2D eigenvalue weighted by Gasteiger charge is -2.67. The van der Waals surface area contributed by atoms with Crippen molar-refractivity contribution in [1.29, 1.82) is 0 Å². The number of fused-ring (bicyclic) bond motifs is 2. The molecule has 5 nitrogen and oxygen atoms in total. The Morgan fingerprint density at radius 2 is 1.89 bits per heavy atom. The van der Waals surface area contributed by atoms with Gasteiger partial charge in [0.1, 0.15) is 11.4 Å². The van der Waals surface area contributed by atoms with Crippen molar-refractivity contribution >= 4 is 16.8 Å². The van der Waals surface area contributed by atoms with Gasteiger partial charge >= 0.3 is 0 Å². The van der Waals surface area contributed by atoms with E-state index in [-0.39, 0.29) is 22.8 Å². The summed E-state index contributed by atoms with van der Waals surface area (Å²) in [6, 6.07) is 18.9. The van der Waals surface area contributed by atoms with E-state index < -0.39 is 0 Å². The maximum atomic E-state index is 13.9. The summed E-state index contributed by atoms with van der Waals surface area (Å²) in [5.41, 5.74) is 4.54. The van der Waals surface area contributed by atoms with Crippen LogP contribution in [-0.2, 0) is 11.8 Å². The highest BCUT2D eigenvalue weighted by Gasteiger charge is 2.71. The van der Waals surface area contributed by atoms with Gasteiger partial charge in [-0.05, 0) is 111 Å². The van der Waals surface area contributed by atoms with Gasteiger partial charge in [-0.3, -0.25) is 9.69 Å². The van der Waals surface area contributed by atoms with Crippen molar-refractivity contribution in [3.63, 3.8) is 0 Å². The van der Waals surface area contributed by atoms with E-state index in [4.69, 9.17) is 4.98 Å². The van der Waals surface area contributed by atoms with Crippen molar-refractivity contribution in [3.05, 3.63) is 71.4 Å². The first-order chi connectivity index (χ1) is 18.5. The van der Waals surface area contributed by atoms with Gasteiger partial charge in [-0.2, -0.15) is 0 Å². The Balaban J connectivity index is 1.19. The minimum absolute atomic E-state index is 0.0335. The number of phenols is 1. The molecule has 1 aromatic heterocycles. The second-order valence-electron chi connectivity index (χ2n) is 12.9. The summed E-state index contributed by atoms with van der Waals surface area (Å²) in [7, 11) is 2.01. The molecule has 196 valence electrons. The normalized spacial score (nSPS) is 33.6. The topological polar surface area (TPSA) is 56.7 Å². The Kier molecular flexibility index (Phi) is 4.87. The highest BCUT2D eigenvalue weighted by Crippen LogP contribution is 2.72. The highest BCUT2D eigenvalue weighted by atomic mass is 16.3. The van der Waals surface area contributed by atoms with Crippen LogP contribution >= 0.6 is 0 Å². The molecule has 5 unspecified atom stereocenters. The van der Waals surface area contributed by atoms with Crippen molar-refractivity contribution in [3.8, 4) is 5.75 Å². The lowest BCUT2D eigenvalue weighted by molar-refractivity contribution is -0.104. The molecule has 38 heavy (non-hydrogen) atoms. The van der Waals surface area contributed by atoms with Crippen molar-refractivity contribution in [2.24, 2.45) is 17.3 Å². The Labute approximate surface area is 224 Å². The molecule has 8 rings (SSSR count). The van der Waals surface area contributed by atoms with Gasteiger partial charge in [-0.15, -0.1) is 0 Å². The number of hydrogen-bond donors (Lipinski definition) is 1. The number of nitrogens with zero attached hydrogens (tertiary/aromatic N) is 3. The number of likely N-dealkylation sites (tertiary alicyclic amines) is 1. The van der Waals surface area contributed by atoms with E-state index in [1.54, 1.807) is 0 Å². The summed E-state index contributed by atoms with van der Waals surface area (Å²) in [6.45, 7) is 2.40. The molecule has 0 radical (unpaired) electrons. The van der Waals surface area contributed by atoms with Crippen LogP contribution < -0.4 is 0 Å². The smallest absolute Gasteiger partial charge is 0.272 e. The van der Waals surface area contributed by atoms with Crippen molar-refractivity contribution in [1.82, 2.24) is 14.8 Å². The number of aromatic hydroxyl groups is 1. The highest BCUT2D eigenvalue weighted by molar-refractivity contribution is 5.95. The zero-order chi connectivity index (χ0) is 25.6. The molecular weight excluding hydrogens is 470 g/mol. The maximum Gasteiger partial charge on any atom is 0.272 e. The molecule has 5 heteroatoms. The fourth-order valence-electron chi connectivity index (χ4n) is 9.74. The predicted molar refractivity (Wildman–Crippen MR) is 148 cm³/mol. The Morgan fingerprint density at radius 1 is 1.05 bits per heavy atom. The summed E-state index contributed by atoms with van der Waals surface area (Å²) in [4.78, 5) is 23.5. The zero-order valence-electron chi connectivity index (χ0n) is 22.3. The van der Waals surface area contributed by atoms with E-state index in [9.17, 15) is 9.90 Å². The Morgan fingerprint density at radius 3 is 2.76 bits per heavy atom. The van der Waals surface area contributed by atoms with Crippen molar-refractivity contribution in [2.45, 2.75) is 68.9 Å². The van der Waals surface area contributed by atoms with Crippen LogP contribution in [-0.4, -0.2) is 58.0 Å². The van der Waals surface area contributed by atoms with Gasteiger partial charge in [-0.1, -0.05) is 30.3 Å². The van der Waals surface area contributed by atoms with Gasteiger partial charge in [0, 0.05) is 36.5 Å². The van der Waals surface area contributed by atoms with E-state index >= 15 is 0 Å². The van der Waals surface area contributed by atoms with Crippen molar-refractivity contribution < 1.29 is 9.90 Å². The van der Waals surface area contributed by atoms with Gasteiger partial charge in [0.15, 0.2) is 0 Å². The minimum atomic E-state index is 0.0335. The molecule has 4 fully saturated rings. The summed E-state index contributed by atoms with van der Waals surface area (Å²) in [6.07, 6.45) is 9.67. The van der Waals surface area contributed by atoms with Crippen LogP contribution in [0.4, 0.5) is 0 Å². The molecule has 4 aliphatic carbocycles. The standard InChI is InChI=1S/C33H37N3O2/c1-35(31(38)28-11-9-22-4-2-3-5-27(22)34-28)29-13-15-32-14-12-25(29)33(32)16-17-36(20-21-6-7-21)30(32)18-23-8-10-24(37)19-26(23)33/h2-5,8-11,19,21,25,29-30,37H,6-7,12-18,20H2,1H3. The third-order valence-electron chi connectivity index (χ3n) is 11.5. The SMILES string of the molecule is CN(C(=O)c1ccc2ccccc2n1)C1CCC23CCC1C21CCN(CC2CC2)C3Cc2ccc(O)cc21. The second-order valence-corrected chi connectivity index (χ2v) is 12.9. The van der Waals surface area contributed by atoms with E-state index in [1.165, 1.54) is 36.9 Å². The quantitative estimate of drug-likeness (QED) is 0.503. The zero-order valence-corrected chi connectivity index (χ0v) is 22.3. The lowest BCUT2D eigenvalue weighted by atomic mass is 9.43. The first-order valence-corrected chi connectivity index (χ1v) is 14.7. The predicted octanol–water partition coefficient (Wildman–Crippen LogP) is 5.55. The number of rotatable bonds is 4. The first-order valence-electron chi connectivity index (χ1n) is 14.7. The van der Waals surface area contributed by atoms with E-state index in [2.05, 4.69) is 17.0 Å². The molecule has 3 aromatic rings. The number of carbonyl (C=O) groups is 1. The number of hydrogen-bond acceptors (Lipinski definition) is 4. The minimum Gasteiger partial charge on any atom is -0.508 e. The molecular formula is C33H37N3O2. The van der Waals surface area contributed by atoms with Crippen LogP contribution in [0, 0.1) is 17.3 Å². The van der Waals surface area contributed by atoms with Gasteiger partial charge in [-0.25, -0.2) is 4.98 Å². The van der Waals surface area contributed by atoms with Crippen LogP contribution in [0.3, 0.4) is 0 Å². The monoisotopic (exact) mass is 507 g/mol. The number of aromatic nitrogens is 1. The lowest BCUT2D eigenvalue weighted by Crippen LogP contribution is -2.70. The summed E-state index contributed by atoms with van der Waals surface area (Å²) >= 11 is 0. The van der Waals surface area contributed by atoms with Crippen LogP contribution in [0.1, 0.15) is 66.6 Å². The molecule has 3 saturated carbocycles. The van der Waals surface area contributed by atoms with E-state index in [0.717, 1.165) is 55.5 Å². The van der Waals surface area contributed by atoms with E-state index in [0.29, 0.717) is 23.4 Å². The van der Waals surface area contributed by atoms with Gasteiger partial charge < -0.3 is 10.0 Å². The van der Waals surface area contributed by atoms with Crippen LogP contribution in [0.15, 0.2) is 54.6 Å². The average Bonchev–Trinajstić information content (AvgIpc) is 3.72. The third-order valence-corrected chi connectivity index (χ3v) is 11.5. The van der Waals surface area contributed by atoms with Crippen LogP contribution in [0.2, 0.25) is 0 Å². The first kappa shape index (κ1) is 23.0. The van der Waals surface area contributed by atoms with Crippen molar-refractivity contribution in [2.75, 3.05) is 20.1 Å². The molecule has 5 atom stereocenters. The largest absolute Gasteiger partial charge is 0.508 e. The molecule has 5 aliphatic rings. The molecule has 0 spiro atoms. The Hall–Kier alpha value is -2.92. The molecule has 2 aromatic carbocycles. The van der Waals surface area contributed by atoms with Gasteiger partial charge in [0.25, 0.3) is 5.91 Å². The van der Waals surface area contributed by atoms with Crippen LogP contribution in [0.25, 0.3) is 10.9 Å². The number of pyridine rings is 1.